The number of aliphatic hydroxyl groups is 1. The molecule has 0 bridgehead atoms. The fourth-order valence-electron chi connectivity index (χ4n) is 4.26. The largest absolute Gasteiger partial charge is 0.475 e. The molecular formula is C23H26N2O5S. The number of hydrogen-bond acceptors (Lipinski definition) is 8. The van der Waals surface area contributed by atoms with Crippen LogP contribution in [0.1, 0.15) is 48.3 Å². The highest BCUT2D eigenvalue weighted by Gasteiger charge is 2.62. The Morgan fingerprint density at radius 3 is 2.68 bits per heavy atom. The van der Waals surface area contributed by atoms with Crippen LogP contribution in [-0.2, 0) is 4.79 Å². The van der Waals surface area contributed by atoms with Gasteiger partial charge < -0.3 is 14.4 Å². The van der Waals surface area contributed by atoms with Crippen LogP contribution < -0.4 is 4.74 Å². The van der Waals surface area contributed by atoms with Crippen LogP contribution in [-0.4, -0.2) is 53.0 Å². The minimum atomic E-state index is -2.19. The lowest BCUT2D eigenvalue weighted by molar-refractivity contribution is -0.137. The highest BCUT2D eigenvalue weighted by atomic mass is 32.2. The van der Waals surface area contributed by atoms with Crippen LogP contribution in [0.5, 0.6) is 5.88 Å². The number of thioether (sulfide) groups is 1. The summed E-state index contributed by atoms with van der Waals surface area (Å²) in [5.74, 6) is -1.56. The van der Waals surface area contributed by atoms with Gasteiger partial charge in [0.2, 0.25) is 11.6 Å². The third-order valence-corrected chi connectivity index (χ3v) is 6.92. The number of rotatable bonds is 7. The van der Waals surface area contributed by atoms with Crippen molar-refractivity contribution in [2.24, 2.45) is 5.92 Å². The van der Waals surface area contributed by atoms with E-state index in [0.29, 0.717) is 23.7 Å². The Hall–Kier alpha value is -2.42. The molecule has 0 unspecified atom stereocenters. The second-order valence-corrected chi connectivity index (χ2v) is 9.20. The molecule has 7 nitrogen and oxygen atoms in total. The number of hydrogen-bond donors (Lipinski definition) is 1. The minimum Gasteiger partial charge on any atom is -0.475 e. The molecule has 0 spiro atoms. The highest BCUT2D eigenvalue weighted by molar-refractivity contribution is 8.04. The van der Waals surface area contributed by atoms with Crippen LogP contribution in [0, 0.1) is 5.92 Å². The molecule has 0 aliphatic heterocycles. The number of carbonyl (C=O) groups excluding carboxylic acids is 2. The van der Waals surface area contributed by atoms with Gasteiger partial charge in [-0.15, -0.1) is 0 Å². The van der Waals surface area contributed by atoms with Crippen molar-refractivity contribution < 1.29 is 24.0 Å². The van der Waals surface area contributed by atoms with E-state index in [4.69, 9.17) is 9.26 Å². The van der Waals surface area contributed by atoms with Crippen LogP contribution in [0.4, 0.5) is 0 Å². The second kappa shape index (κ2) is 8.61. The Labute approximate surface area is 185 Å². The monoisotopic (exact) mass is 442 g/mol. The Bertz CT molecular complexity index is 1020. The third-order valence-electron chi connectivity index (χ3n) is 5.84. The predicted molar refractivity (Wildman–Crippen MR) is 116 cm³/mol. The van der Waals surface area contributed by atoms with Crippen LogP contribution in [0.15, 0.2) is 50.7 Å². The standard InChI is InChI=1S/C23H26N2O5S/c1-4-5-13-29-22-17-19(30-24-22)18(25(2)3)15-11-12-16(20(26)23(15,28)21(17)27)31-14-9-7-6-8-10-14/h6-10,12,15,18,28H,4-5,11,13H2,1-3H3/t15-,18-,23-/m0/s1. The van der Waals surface area contributed by atoms with E-state index in [9.17, 15) is 14.7 Å². The highest BCUT2D eigenvalue weighted by Crippen LogP contribution is 2.51. The Balaban J connectivity index is 1.74. The average Bonchev–Trinajstić information content (AvgIpc) is 3.17. The number of unbranched alkanes of at least 4 members (excludes halogenated alkanes) is 1. The van der Waals surface area contributed by atoms with E-state index in [-0.39, 0.29) is 11.4 Å². The molecule has 1 N–H and O–H groups in total. The Kier molecular flexibility index (Phi) is 6.05. The molecule has 1 heterocycles. The molecule has 2 aliphatic rings. The number of carbonyl (C=O) groups is 2. The lowest BCUT2D eigenvalue weighted by Crippen LogP contribution is -2.60. The minimum absolute atomic E-state index is 0.0480. The van der Waals surface area contributed by atoms with Crippen molar-refractivity contribution in [3.8, 4) is 5.88 Å². The molecule has 1 aromatic carbocycles. The van der Waals surface area contributed by atoms with Crippen LogP contribution in [0.25, 0.3) is 0 Å². The van der Waals surface area contributed by atoms with Gasteiger partial charge in [0.15, 0.2) is 11.4 Å². The summed E-state index contributed by atoms with van der Waals surface area (Å²) >= 11 is 1.26. The second-order valence-electron chi connectivity index (χ2n) is 8.09. The van der Waals surface area contributed by atoms with Crippen LogP contribution >= 0.6 is 11.8 Å². The van der Waals surface area contributed by atoms with Crippen LogP contribution in [0.2, 0.25) is 0 Å². The SMILES string of the molecule is CCCCOc1noc2c1C(=O)[C@@]1(O)C(=O)C(Sc3ccccc3)=CC[C@H]1[C@@H]2N(C)C. The maximum atomic E-state index is 13.6. The number of Topliss-reactive ketones (excluding diaryl/α,β-unsaturated/α-hetero) is 2. The molecular weight excluding hydrogens is 416 g/mol. The van der Waals surface area contributed by atoms with Gasteiger partial charge in [0.1, 0.15) is 5.56 Å². The van der Waals surface area contributed by atoms with Crippen molar-refractivity contribution in [1.29, 1.82) is 0 Å². The molecule has 0 saturated heterocycles. The summed E-state index contributed by atoms with van der Waals surface area (Å²) in [6.45, 7) is 2.40. The Morgan fingerprint density at radius 2 is 2.00 bits per heavy atom. The van der Waals surface area contributed by atoms with Gasteiger partial charge in [-0.3, -0.25) is 14.5 Å². The first-order valence-corrected chi connectivity index (χ1v) is 11.2. The number of allylic oxidation sites excluding steroid dienone is 1. The van der Waals surface area contributed by atoms with Gasteiger partial charge in [0.05, 0.1) is 17.6 Å². The fraction of sp³-hybridized carbons (Fsp3) is 0.435. The third kappa shape index (κ3) is 3.62. The van der Waals surface area contributed by atoms with Crippen molar-refractivity contribution in [1.82, 2.24) is 10.1 Å². The molecule has 0 saturated carbocycles. The quantitative estimate of drug-likeness (QED) is 0.513. The molecule has 2 aliphatic carbocycles. The summed E-state index contributed by atoms with van der Waals surface area (Å²) in [4.78, 5) is 30.1. The van der Waals surface area contributed by atoms with Gasteiger partial charge in [-0.05, 0) is 44.2 Å². The van der Waals surface area contributed by atoms with Crippen molar-refractivity contribution >= 4 is 23.3 Å². The first-order valence-electron chi connectivity index (χ1n) is 10.4. The molecule has 0 radical (unpaired) electrons. The van der Waals surface area contributed by atoms with Gasteiger partial charge >= 0.3 is 0 Å². The Morgan fingerprint density at radius 1 is 1.26 bits per heavy atom. The zero-order valence-electron chi connectivity index (χ0n) is 17.8. The molecule has 1 aromatic heterocycles. The summed E-state index contributed by atoms with van der Waals surface area (Å²) in [6, 6.07) is 8.94. The number of nitrogens with zero attached hydrogens (tertiary/aromatic N) is 2. The van der Waals surface area contributed by atoms with E-state index in [1.807, 2.05) is 62.3 Å². The molecule has 3 atom stereocenters. The smallest absolute Gasteiger partial charge is 0.265 e. The summed E-state index contributed by atoms with van der Waals surface area (Å²) < 4.78 is 11.2. The first-order chi connectivity index (χ1) is 14.9. The van der Waals surface area contributed by atoms with Crippen LogP contribution in [0.3, 0.4) is 0 Å². The molecule has 31 heavy (non-hydrogen) atoms. The van der Waals surface area contributed by atoms with Crippen molar-refractivity contribution in [2.45, 2.75) is 42.7 Å². The maximum Gasteiger partial charge on any atom is 0.265 e. The molecule has 2 aromatic rings. The van der Waals surface area contributed by atoms with E-state index in [2.05, 4.69) is 5.16 Å². The van der Waals surface area contributed by atoms with Gasteiger partial charge in [-0.25, -0.2) is 0 Å². The summed E-state index contributed by atoms with van der Waals surface area (Å²) in [5.41, 5.74) is -2.12. The summed E-state index contributed by atoms with van der Waals surface area (Å²) in [7, 11) is 3.65. The van der Waals surface area contributed by atoms with E-state index in [0.717, 1.165) is 17.7 Å². The van der Waals surface area contributed by atoms with E-state index in [1.165, 1.54) is 11.8 Å². The lowest BCUT2D eigenvalue weighted by Gasteiger charge is -2.45. The normalized spacial score (nSPS) is 25.3. The van der Waals surface area contributed by atoms with Gasteiger partial charge in [-0.1, -0.05) is 49.4 Å². The van der Waals surface area contributed by atoms with Crippen molar-refractivity contribution in [2.75, 3.05) is 20.7 Å². The number of ether oxygens (including phenoxy) is 1. The zero-order valence-corrected chi connectivity index (χ0v) is 18.6. The van der Waals surface area contributed by atoms with Crippen molar-refractivity contribution in [3.63, 3.8) is 0 Å². The number of aromatic nitrogens is 1. The number of fused-ring (bicyclic) bond motifs is 2. The summed E-state index contributed by atoms with van der Waals surface area (Å²) in [6.07, 6.45) is 3.88. The van der Waals surface area contributed by atoms with Gasteiger partial charge in [-0.2, -0.15) is 0 Å². The van der Waals surface area contributed by atoms with Crippen molar-refractivity contribution in [3.05, 3.63) is 52.6 Å². The molecule has 0 amide bonds. The van der Waals surface area contributed by atoms with E-state index in [1.54, 1.807) is 0 Å². The molecule has 4 rings (SSSR count). The van der Waals surface area contributed by atoms with Gasteiger partial charge in [0, 0.05) is 10.8 Å². The van der Waals surface area contributed by atoms with Gasteiger partial charge in [0.25, 0.3) is 5.88 Å². The summed E-state index contributed by atoms with van der Waals surface area (Å²) in [5, 5.41) is 15.6. The topological polar surface area (TPSA) is 92.9 Å². The molecule has 164 valence electrons. The maximum absolute atomic E-state index is 13.6. The molecule has 0 fully saturated rings. The number of ketones is 2. The average molecular weight is 443 g/mol. The fourth-order valence-corrected chi connectivity index (χ4v) is 5.24. The van der Waals surface area contributed by atoms with E-state index < -0.39 is 29.1 Å². The van der Waals surface area contributed by atoms with E-state index >= 15 is 0 Å². The predicted octanol–water partition coefficient (Wildman–Crippen LogP) is 3.65. The molecule has 8 heteroatoms. The number of benzene rings is 1. The zero-order chi connectivity index (χ0) is 22.2. The first kappa shape index (κ1) is 21.8. The lowest BCUT2D eigenvalue weighted by atomic mass is 9.65.